The summed E-state index contributed by atoms with van der Waals surface area (Å²) in [5.74, 6) is 2.30. The number of pyridine rings is 1. The summed E-state index contributed by atoms with van der Waals surface area (Å²) >= 11 is 1.44. The molecule has 7 aromatic carbocycles. The van der Waals surface area contributed by atoms with Crippen LogP contribution in [-0.2, 0) is 9.47 Å². The molecule has 0 unspecified atom stereocenters. The van der Waals surface area contributed by atoms with Crippen molar-refractivity contribution in [2.24, 2.45) is 0 Å². The first-order valence-electron chi connectivity index (χ1n) is 27.1. The van der Waals surface area contributed by atoms with E-state index in [9.17, 15) is 20.4 Å². The standard InChI is InChI=1S/C39H25N3O2.C32H26N4O3S.CH4/c1-25-20-29(34(24-40)39-41-35-22-27-8-2-3-9-28(27)23-38(35)44-39)21-31(43-25)19-16-26-14-17-30(18-15-26)42-36-12-6-4-10-32(36)33-11-5-7-13-37(33)42;1-21-17-24(19-28(39-21)25(20-33)18-22-7-9-26(10-8-22)36(2)15-16-37)30(31(38)23-11-13-34-14-12-23)32-35-27-5-3-4-6-29(27)40-32;/h2-23H,1H3;3-14,17-19,37H,15-16H2,1-2H3;1H4/b19-16?,34-29+;25-18?,30-24+;. The summed E-state index contributed by atoms with van der Waals surface area (Å²) in [6.07, 6.45) is 16.1. The van der Waals surface area contributed by atoms with Crippen molar-refractivity contribution in [3.8, 4) is 17.8 Å². The van der Waals surface area contributed by atoms with Crippen molar-refractivity contribution in [2.75, 3.05) is 25.1 Å². The van der Waals surface area contributed by atoms with Crippen molar-refractivity contribution in [2.45, 2.75) is 21.3 Å². The molecule has 6 heterocycles. The van der Waals surface area contributed by atoms with E-state index in [-0.39, 0.29) is 19.8 Å². The quantitative estimate of drug-likeness (QED) is 0.0703. The smallest absolute Gasteiger partial charge is 0.238 e. The largest absolute Gasteiger partial charge is 0.462 e. The number of benzene rings is 7. The Hall–Kier alpha value is -11.0. The molecule has 13 rings (SSSR count). The van der Waals surface area contributed by atoms with Gasteiger partial charge in [0.25, 0.3) is 0 Å². The van der Waals surface area contributed by atoms with Crippen molar-refractivity contribution in [1.29, 1.82) is 10.5 Å². The maximum absolute atomic E-state index is 13.9. The summed E-state index contributed by atoms with van der Waals surface area (Å²) in [4.78, 5) is 29.3. The first-order chi connectivity index (χ1) is 41.1. The van der Waals surface area contributed by atoms with Gasteiger partial charge < -0.3 is 28.5 Å². The van der Waals surface area contributed by atoms with E-state index in [1.165, 1.54) is 33.1 Å². The third-order valence-corrected chi connectivity index (χ3v) is 15.4. The van der Waals surface area contributed by atoms with Gasteiger partial charge in [-0.1, -0.05) is 111 Å². The molecule has 0 aliphatic carbocycles. The van der Waals surface area contributed by atoms with Crippen LogP contribution in [0.1, 0.15) is 53.7 Å². The fraction of sp³-hybridized carbons (Fsp3) is 0.0833. The number of hydrogen-bond donors (Lipinski definition) is 1. The minimum atomic E-state index is -0.192. The highest BCUT2D eigenvalue weighted by molar-refractivity contribution is 7.19. The molecule has 0 amide bonds. The summed E-state index contributed by atoms with van der Waals surface area (Å²) in [6.45, 7) is 4.25. The number of para-hydroxylation sites is 3. The fourth-order valence-corrected chi connectivity index (χ4v) is 11.3. The number of carbonyl (C=O) groups is 1. The number of aliphatic hydroxyl groups is 1. The van der Waals surface area contributed by atoms with Gasteiger partial charge in [0, 0.05) is 59.3 Å². The predicted octanol–water partition coefficient (Wildman–Crippen LogP) is 16.7. The van der Waals surface area contributed by atoms with Crippen LogP contribution in [0, 0.1) is 22.7 Å². The number of aromatic nitrogens is 4. The van der Waals surface area contributed by atoms with Crippen molar-refractivity contribution >= 4 is 100 Å². The topological polar surface area (TPSA) is 163 Å². The van der Waals surface area contributed by atoms with Gasteiger partial charge in [0.15, 0.2) is 11.4 Å². The molecule has 2 aliphatic heterocycles. The van der Waals surface area contributed by atoms with Crippen LogP contribution in [0.2, 0.25) is 0 Å². The number of nitrogens with zero attached hydrogens (tertiary/aromatic N) is 7. The molecule has 85 heavy (non-hydrogen) atoms. The number of oxazole rings is 1. The monoisotopic (exact) mass is 1130 g/mol. The van der Waals surface area contributed by atoms with Gasteiger partial charge in [-0.3, -0.25) is 9.78 Å². The lowest BCUT2D eigenvalue weighted by Gasteiger charge is -2.18. The van der Waals surface area contributed by atoms with Crippen LogP contribution in [0.15, 0.2) is 257 Å². The van der Waals surface area contributed by atoms with Gasteiger partial charge in [0.05, 0.1) is 39.0 Å². The number of fused-ring (bicyclic) bond motifs is 6. The number of Topliss-reactive ketones (excluding diaryl/α,β-unsaturated/α-hetero) is 1. The molecule has 12 nitrogen and oxygen atoms in total. The Kier molecular flexibility index (Phi) is 16.2. The molecule has 4 aromatic heterocycles. The highest BCUT2D eigenvalue weighted by Gasteiger charge is 2.25. The van der Waals surface area contributed by atoms with Crippen LogP contribution in [0.3, 0.4) is 0 Å². The third-order valence-electron chi connectivity index (χ3n) is 14.3. The highest BCUT2D eigenvalue weighted by Crippen LogP contribution is 2.37. The van der Waals surface area contributed by atoms with E-state index in [0.717, 1.165) is 43.5 Å². The number of thiazole rings is 1. The molecule has 0 radical (unpaired) electrons. The Morgan fingerprint density at radius 2 is 1.33 bits per heavy atom. The Labute approximate surface area is 495 Å². The van der Waals surface area contributed by atoms with Gasteiger partial charge in [0.2, 0.25) is 5.89 Å². The Bertz CT molecular complexity index is 4610. The third kappa shape index (κ3) is 11.8. The molecular weight excluding hydrogens is 1070 g/mol. The Morgan fingerprint density at radius 1 is 0.682 bits per heavy atom. The second-order valence-corrected chi connectivity index (χ2v) is 21.0. The van der Waals surface area contributed by atoms with Gasteiger partial charge in [-0.25, -0.2) is 9.97 Å². The lowest BCUT2D eigenvalue weighted by Crippen LogP contribution is -2.20. The molecule has 1 N–H and O–H groups in total. The summed E-state index contributed by atoms with van der Waals surface area (Å²) < 4.78 is 21.3. The molecule has 414 valence electrons. The Morgan fingerprint density at radius 3 is 2.02 bits per heavy atom. The number of ether oxygens (including phenoxy) is 2. The van der Waals surface area contributed by atoms with Crippen LogP contribution in [0.4, 0.5) is 5.69 Å². The van der Waals surface area contributed by atoms with Crippen LogP contribution in [0.25, 0.3) is 82.9 Å². The van der Waals surface area contributed by atoms with Crippen molar-refractivity contribution in [3.05, 3.63) is 280 Å². The fourth-order valence-electron chi connectivity index (χ4n) is 10.3. The van der Waals surface area contributed by atoms with E-state index in [1.54, 1.807) is 49.7 Å². The molecule has 0 saturated heterocycles. The number of nitriles is 2. The van der Waals surface area contributed by atoms with Crippen molar-refractivity contribution < 1.29 is 23.8 Å². The van der Waals surface area contributed by atoms with E-state index >= 15 is 0 Å². The summed E-state index contributed by atoms with van der Waals surface area (Å²) in [6, 6.07) is 60.8. The van der Waals surface area contributed by atoms with Gasteiger partial charge in [-0.05, 0) is 151 Å². The van der Waals surface area contributed by atoms with Gasteiger partial charge in [-0.2, -0.15) is 10.5 Å². The molecular formula is C72H55N7O5S. The zero-order chi connectivity index (χ0) is 57.7. The first-order valence-corrected chi connectivity index (χ1v) is 27.9. The maximum Gasteiger partial charge on any atom is 0.238 e. The van der Waals surface area contributed by atoms with Gasteiger partial charge >= 0.3 is 0 Å². The minimum absolute atomic E-state index is 0. The molecule has 2 aliphatic rings. The number of allylic oxidation sites excluding steroid dienone is 12. The predicted molar refractivity (Wildman–Crippen MR) is 342 cm³/mol. The number of hydrogen-bond acceptors (Lipinski definition) is 12. The normalized spacial score (nSPS) is 14.4. The molecule has 0 fully saturated rings. The van der Waals surface area contributed by atoms with Crippen LogP contribution in [0.5, 0.6) is 0 Å². The Balaban J connectivity index is 0.000000176. The lowest BCUT2D eigenvalue weighted by atomic mass is 9.96. The highest BCUT2D eigenvalue weighted by atomic mass is 32.1. The number of rotatable bonds is 12. The van der Waals surface area contributed by atoms with Gasteiger partial charge in [-0.15, -0.1) is 11.3 Å². The van der Waals surface area contributed by atoms with Crippen molar-refractivity contribution in [3.63, 3.8) is 0 Å². The van der Waals surface area contributed by atoms with Gasteiger partial charge in [0.1, 0.15) is 51.3 Å². The molecule has 0 atom stereocenters. The lowest BCUT2D eigenvalue weighted by molar-refractivity contribution is 0.105. The van der Waals surface area contributed by atoms with Crippen LogP contribution >= 0.6 is 11.3 Å². The average molecular weight is 1130 g/mol. The minimum Gasteiger partial charge on any atom is -0.462 e. The molecule has 0 spiro atoms. The zero-order valence-corrected chi connectivity index (χ0v) is 46.7. The molecule has 13 heteroatoms. The van der Waals surface area contributed by atoms with Crippen LogP contribution < -0.4 is 4.90 Å². The number of anilines is 1. The average Bonchev–Trinajstić information content (AvgIpc) is 2.50. The maximum atomic E-state index is 13.9. The number of ketones is 1. The van der Waals surface area contributed by atoms with E-state index in [0.29, 0.717) is 85.0 Å². The second kappa shape index (κ2) is 24.6. The number of carbonyl (C=O) groups excluding carboxylic acids is 1. The summed E-state index contributed by atoms with van der Waals surface area (Å²) in [5.41, 5.74) is 11.3. The van der Waals surface area contributed by atoms with E-state index in [4.69, 9.17) is 18.9 Å². The van der Waals surface area contributed by atoms with E-state index in [2.05, 4.69) is 99.5 Å². The van der Waals surface area contributed by atoms with Crippen LogP contribution in [-0.4, -0.2) is 50.6 Å². The molecule has 0 bridgehead atoms. The van der Waals surface area contributed by atoms with E-state index < -0.39 is 0 Å². The molecule has 11 aromatic rings. The molecule has 0 saturated carbocycles. The first kappa shape index (κ1) is 55.9. The summed E-state index contributed by atoms with van der Waals surface area (Å²) in [5, 5.41) is 34.6. The zero-order valence-electron chi connectivity index (χ0n) is 45.9. The summed E-state index contributed by atoms with van der Waals surface area (Å²) in [7, 11) is 1.90. The number of aliphatic hydroxyl groups excluding tert-OH is 1. The number of likely N-dealkylation sites (N-methyl/N-ethyl adjacent to an activating group) is 1. The SMILES string of the molecule is C.CC1=C/C(=C(/C#N)c2nc3cc4ccccc4cc3o2)C=C(C=Cc2ccc(-n3c4ccccc4c4ccccc43)cc2)O1.CC1=C/C(=C(/C(=O)c2ccncc2)c2nc3ccccc3s2)C=C(C(C#N)=Cc2ccc(N(C)CCO)cc2)O1. The second-order valence-electron chi connectivity index (χ2n) is 20.0. The van der Waals surface area contributed by atoms with Crippen molar-refractivity contribution in [1.82, 2.24) is 19.5 Å². The van der Waals surface area contributed by atoms with E-state index in [1.807, 2.05) is 128 Å².